The zero-order chi connectivity index (χ0) is 13.8. The predicted molar refractivity (Wildman–Crippen MR) is 74.9 cm³/mol. The maximum Gasteiger partial charge on any atom is 0.159 e. The number of ketones is 1. The van der Waals surface area contributed by atoms with Crippen LogP contribution in [0, 0.1) is 5.82 Å². The highest BCUT2D eigenvalue weighted by Gasteiger charge is 2.06. The number of hydrogen-bond acceptors (Lipinski definition) is 2. The van der Waals surface area contributed by atoms with Crippen molar-refractivity contribution in [3.63, 3.8) is 0 Å². The molecule has 0 unspecified atom stereocenters. The van der Waals surface area contributed by atoms with Crippen molar-refractivity contribution in [2.24, 2.45) is 0 Å². The second-order valence-corrected chi connectivity index (χ2v) is 4.55. The van der Waals surface area contributed by atoms with Crippen molar-refractivity contribution in [3.8, 4) is 0 Å². The molecule has 1 N–H and O–H groups in total. The second kappa shape index (κ2) is 5.65. The van der Waals surface area contributed by atoms with Crippen LogP contribution >= 0.6 is 0 Å². The molecule has 2 aromatic carbocycles. The number of anilines is 1. The molecule has 2 aromatic rings. The predicted octanol–water partition coefficient (Wildman–Crippen LogP) is 4.20. The van der Waals surface area contributed by atoms with E-state index in [0.717, 1.165) is 11.3 Å². The van der Waals surface area contributed by atoms with Crippen LogP contribution in [0.15, 0.2) is 48.5 Å². The Labute approximate surface area is 112 Å². The van der Waals surface area contributed by atoms with E-state index in [4.69, 9.17) is 0 Å². The van der Waals surface area contributed by atoms with Crippen LogP contribution in [-0.4, -0.2) is 5.78 Å². The van der Waals surface area contributed by atoms with Gasteiger partial charge in [0.1, 0.15) is 5.82 Å². The van der Waals surface area contributed by atoms with Crippen LogP contribution in [0.2, 0.25) is 0 Å². The third kappa shape index (κ3) is 3.41. The first-order chi connectivity index (χ1) is 9.06. The molecule has 0 spiro atoms. The summed E-state index contributed by atoms with van der Waals surface area (Å²) in [7, 11) is 0. The second-order valence-electron chi connectivity index (χ2n) is 4.55. The number of carbonyl (C=O) groups is 1. The van der Waals surface area contributed by atoms with E-state index >= 15 is 0 Å². The fraction of sp³-hybridized carbons (Fsp3) is 0.188. The summed E-state index contributed by atoms with van der Waals surface area (Å²) in [4.78, 5) is 11.3. The summed E-state index contributed by atoms with van der Waals surface area (Å²) in [6.45, 7) is 3.54. The van der Waals surface area contributed by atoms with Crippen molar-refractivity contribution < 1.29 is 9.18 Å². The molecule has 0 aliphatic rings. The van der Waals surface area contributed by atoms with Gasteiger partial charge in [-0.15, -0.1) is 0 Å². The molecule has 0 radical (unpaired) electrons. The molecular formula is C16H16FNO. The molecule has 3 heteroatoms. The number of carbonyl (C=O) groups excluding carboxylic acids is 1. The molecule has 0 amide bonds. The SMILES string of the molecule is CC(=O)c1cccc(N[C@H](C)c2ccc(F)cc2)c1. The van der Waals surface area contributed by atoms with Crippen LogP contribution in [0.25, 0.3) is 0 Å². The van der Waals surface area contributed by atoms with E-state index < -0.39 is 0 Å². The van der Waals surface area contributed by atoms with Gasteiger partial charge in [-0.2, -0.15) is 0 Å². The Hall–Kier alpha value is -2.16. The lowest BCUT2D eigenvalue weighted by molar-refractivity contribution is 0.101. The van der Waals surface area contributed by atoms with Gasteiger partial charge in [-0.3, -0.25) is 4.79 Å². The molecule has 0 aliphatic heterocycles. The first kappa shape index (κ1) is 13.3. The highest BCUT2D eigenvalue weighted by Crippen LogP contribution is 2.20. The first-order valence-corrected chi connectivity index (χ1v) is 6.19. The third-order valence-electron chi connectivity index (χ3n) is 3.02. The van der Waals surface area contributed by atoms with Gasteiger partial charge < -0.3 is 5.32 Å². The van der Waals surface area contributed by atoms with Crippen LogP contribution in [0.5, 0.6) is 0 Å². The average molecular weight is 257 g/mol. The molecule has 98 valence electrons. The van der Waals surface area contributed by atoms with Crippen molar-refractivity contribution in [1.29, 1.82) is 0 Å². The Bertz CT molecular complexity index is 578. The van der Waals surface area contributed by atoms with Gasteiger partial charge in [0, 0.05) is 17.3 Å². The van der Waals surface area contributed by atoms with E-state index in [-0.39, 0.29) is 17.6 Å². The summed E-state index contributed by atoms with van der Waals surface area (Å²) < 4.78 is 12.9. The molecule has 1 atom stereocenters. The van der Waals surface area contributed by atoms with E-state index in [1.807, 2.05) is 25.1 Å². The number of benzene rings is 2. The van der Waals surface area contributed by atoms with E-state index in [0.29, 0.717) is 5.56 Å². The number of nitrogens with one attached hydrogen (secondary N) is 1. The topological polar surface area (TPSA) is 29.1 Å². The van der Waals surface area contributed by atoms with Gasteiger partial charge in [0.15, 0.2) is 5.78 Å². The molecule has 2 rings (SSSR count). The lowest BCUT2D eigenvalue weighted by Gasteiger charge is -2.16. The minimum Gasteiger partial charge on any atom is -0.379 e. The van der Waals surface area contributed by atoms with Gasteiger partial charge in [-0.1, -0.05) is 24.3 Å². The van der Waals surface area contributed by atoms with Gasteiger partial charge in [0.2, 0.25) is 0 Å². The highest BCUT2D eigenvalue weighted by molar-refractivity contribution is 5.94. The minimum atomic E-state index is -0.241. The molecular weight excluding hydrogens is 241 g/mol. The van der Waals surface area contributed by atoms with Crippen molar-refractivity contribution >= 4 is 11.5 Å². The van der Waals surface area contributed by atoms with Gasteiger partial charge in [-0.25, -0.2) is 4.39 Å². The maximum atomic E-state index is 12.9. The highest BCUT2D eigenvalue weighted by atomic mass is 19.1. The third-order valence-corrected chi connectivity index (χ3v) is 3.02. The monoisotopic (exact) mass is 257 g/mol. The van der Waals surface area contributed by atoms with Gasteiger partial charge in [0.25, 0.3) is 0 Å². The summed E-state index contributed by atoms with van der Waals surface area (Å²) in [5, 5.41) is 3.30. The van der Waals surface area contributed by atoms with Crippen LogP contribution < -0.4 is 5.32 Å². The summed E-state index contributed by atoms with van der Waals surface area (Å²) in [6.07, 6.45) is 0. The number of Topliss-reactive ketones (excluding diaryl/α,β-unsaturated/α-hetero) is 1. The summed E-state index contributed by atoms with van der Waals surface area (Å²) in [5.74, 6) is -0.201. The van der Waals surface area contributed by atoms with Crippen LogP contribution in [0.3, 0.4) is 0 Å². The number of halogens is 1. The zero-order valence-electron chi connectivity index (χ0n) is 11.0. The minimum absolute atomic E-state index is 0.0399. The van der Waals surface area contributed by atoms with Crippen LogP contribution in [0.4, 0.5) is 10.1 Å². The van der Waals surface area contributed by atoms with Gasteiger partial charge in [-0.05, 0) is 43.7 Å². The van der Waals surface area contributed by atoms with E-state index in [1.165, 1.54) is 12.1 Å². The molecule has 0 heterocycles. The number of hydrogen-bond donors (Lipinski definition) is 1. The average Bonchev–Trinajstić information content (AvgIpc) is 2.39. The molecule has 0 saturated carbocycles. The molecule has 19 heavy (non-hydrogen) atoms. The quantitative estimate of drug-likeness (QED) is 0.832. The van der Waals surface area contributed by atoms with E-state index in [2.05, 4.69) is 5.32 Å². The smallest absolute Gasteiger partial charge is 0.159 e. The summed E-state index contributed by atoms with van der Waals surface area (Å²) in [6, 6.07) is 13.8. The Kier molecular flexibility index (Phi) is 3.95. The van der Waals surface area contributed by atoms with Crippen molar-refractivity contribution in [1.82, 2.24) is 0 Å². The molecule has 0 aliphatic carbocycles. The van der Waals surface area contributed by atoms with E-state index in [1.54, 1.807) is 25.1 Å². The largest absolute Gasteiger partial charge is 0.379 e. The molecule has 0 aromatic heterocycles. The maximum absolute atomic E-state index is 12.9. The Morgan fingerprint density at radius 2 is 1.84 bits per heavy atom. The van der Waals surface area contributed by atoms with E-state index in [9.17, 15) is 9.18 Å². The normalized spacial score (nSPS) is 11.9. The van der Waals surface area contributed by atoms with Crippen molar-refractivity contribution in [2.45, 2.75) is 19.9 Å². The molecule has 0 fully saturated rings. The van der Waals surface area contributed by atoms with Crippen LogP contribution in [-0.2, 0) is 0 Å². The Balaban J connectivity index is 2.14. The zero-order valence-corrected chi connectivity index (χ0v) is 11.0. The Morgan fingerprint density at radius 1 is 1.16 bits per heavy atom. The summed E-state index contributed by atoms with van der Waals surface area (Å²) in [5.41, 5.74) is 2.55. The summed E-state index contributed by atoms with van der Waals surface area (Å²) >= 11 is 0. The number of rotatable bonds is 4. The molecule has 0 bridgehead atoms. The van der Waals surface area contributed by atoms with Gasteiger partial charge >= 0.3 is 0 Å². The molecule has 2 nitrogen and oxygen atoms in total. The van der Waals surface area contributed by atoms with Crippen molar-refractivity contribution in [3.05, 3.63) is 65.5 Å². The fourth-order valence-electron chi connectivity index (χ4n) is 1.91. The van der Waals surface area contributed by atoms with Crippen molar-refractivity contribution in [2.75, 3.05) is 5.32 Å². The Morgan fingerprint density at radius 3 is 2.47 bits per heavy atom. The van der Waals surface area contributed by atoms with Crippen LogP contribution in [0.1, 0.15) is 35.8 Å². The fourth-order valence-corrected chi connectivity index (χ4v) is 1.91. The standard InChI is InChI=1S/C16H16FNO/c1-11(13-6-8-15(17)9-7-13)18-16-5-3-4-14(10-16)12(2)19/h3-11,18H,1-2H3/t11-/m1/s1. The lowest BCUT2D eigenvalue weighted by atomic mass is 10.1. The lowest BCUT2D eigenvalue weighted by Crippen LogP contribution is -2.07. The van der Waals surface area contributed by atoms with Gasteiger partial charge in [0.05, 0.1) is 0 Å². The first-order valence-electron chi connectivity index (χ1n) is 6.19. The molecule has 0 saturated heterocycles.